The normalized spacial score (nSPS) is 22.0. The van der Waals surface area contributed by atoms with Crippen LogP contribution in [0.15, 0.2) is 30.7 Å². The summed E-state index contributed by atoms with van der Waals surface area (Å²) < 4.78 is 0. The molecule has 0 atom stereocenters. The molecule has 2 aromatic rings. The smallest absolute Gasteiger partial charge is 0.223 e. The molecule has 110 valence electrons. The van der Waals surface area contributed by atoms with Crippen LogP contribution in [0.3, 0.4) is 0 Å². The molecular formula is C17H22N4. The molecule has 0 spiro atoms. The van der Waals surface area contributed by atoms with E-state index < -0.39 is 0 Å². The predicted molar refractivity (Wildman–Crippen MR) is 85.0 cm³/mol. The Morgan fingerprint density at radius 2 is 1.95 bits per heavy atom. The number of anilines is 1. The van der Waals surface area contributed by atoms with Crippen LogP contribution in [0.25, 0.3) is 11.3 Å². The molecule has 1 aliphatic carbocycles. The number of nitrogens with one attached hydrogen (secondary N) is 1. The van der Waals surface area contributed by atoms with E-state index in [1.54, 1.807) is 6.20 Å². The van der Waals surface area contributed by atoms with Gasteiger partial charge in [-0.3, -0.25) is 4.98 Å². The summed E-state index contributed by atoms with van der Waals surface area (Å²) in [6.07, 6.45) is 10.5. The molecule has 2 heterocycles. The molecule has 1 aliphatic rings. The molecule has 0 bridgehead atoms. The number of hydrogen-bond donors (Lipinski definition) is 1. The van der Waals surface area contributed by atoms with Crippen LogP contribution in [0.5, 0.6) is 0 Å². The van der Waals surface area contributed by atoms with Crippen LogP contribution in [0.2, 0.25) is 0 Å². The van der Waals surface area contributed by atoms with Gasteiger partial charge < -0.3 is 5.32 Å². The maximum Gasteiger partial charge on any atom is 0.223 e. The molecule has 1 N–H and O–H groups in total. The first-order chi connectivity index (χ1) is 10.2. The highest BCUT2D eigenvalue weighted by molar-refractivity contribution is 5.62. The third-order valence-electron chi connectivity index (χ3n) is 4.26. The lowest BCUT2D eigenvalue weighted by molar-refractivity contribution is 0.360. The Kier molecular flexibility index (Phi) is 4.13. The molecule has 3 rings (SSSR count). The van der Waals surface area contributed by atoms with Crippen LogP contribution in [-0.4, -0.2) is 21.0 Å². The largest absolute Gasteiger partial charge is 0.351 e. The van der Waals surface area contributed by atoms with Gasteiger partial charge in [-0.2, -0.15) is 0 Å². The zero-order valence-electron chi connectivity index (χ0n) is 12.7. The first-order valence-electron chi connectivity index (χ1n) is 7.73. The summed E-state index contributed by atoms with van der Waals surface area (Å²) >= 11 is 0. The van der Waals surface area contributed by atoms with Crippen molar-refractivity contribution >= 4 is 5.95 Å². The SMILES string of the molecule is Cc1cnc(NC2CCC(C)CC2)nc1-c1cccnc1. The van der Waals surface area contributed by atoms with Gasteiger partial charge in [-0.25, -0.2) is 9.97 Å². The van der Waals surface area contributed by atoms with Crippen molar-refractivity contribution in [1.29, 1.82) is 0 Å². The molecule has 0 radical (unpaired) electrons. The first kappa shape index (κ1) is 14.0. The van der Waals surface area contributed by atoms with Gasteiger partial charge in [-0.05, 0) is 56.2 Å². The fraction of sp³-hybridized carbons (Fsp3) is 0.471. The van der Waals surface area contributed by atoms with Crippen molar-refractivity contribution < 1.29 is 0 Å². The van der Waals surface area contributed by atoms with Crippen LogP contribution in [0.1, 0.15) is 38.2 Å². The zero-order chi connectivity index (χ0) is 14.7. The van der Waals surface area contributed by atoms with Crippen molar-refractivity contribution in [2.24, 2.45) is 5.92 Å². The van der Waals surface area contributed by atoms with E-state index in [1.807, 2.05) is 31.5 Å². The van der Waals surface area contributed by atoms with E-state index in [4.69, 9.17) is 4.98 Å². The first-order valence-corrected chi connectivity index (χ1v) is 7.73. The van der Waals surface area contributed by atoms with Gasteiger partial charge in [0.1, 0.15) is 0 Å². The molecule has 1 saturated carbocycles. The zero-order valence-corrected chi connectivity index (χ0v) is 12.7. The third-order valence-corrected chi connectivity index (χ3v) is 4.26. The monoisotopic (exact) mass is 282 g/mol. The van der Waals surface area contributed by atoms with Gasteiger partial charge in [0.05, 0.1) is 5.69 Å². The minimum atomic E-state index is 0.505. The van der Waals surface area contributed by atoms with E-state index in [-0.39, 0.29) is 0 Å². The highest BCUT2D eigenvalue weighted by atomic mass is 15.1. The van der Waals surface area contributed by atoms with Crippen LogP contribution >= 0.6 is 0 Å². The number of aryl methyl sites for hydroxylation is 1. The van der Waals surface area contributed by atoms with Crippen LogP contribution in [0, 0.1) is 12.8 Å². The lowest BCUT2D eigenvalue weighted by atomic mass is 9.87. The van der Waals surface area contributed by atoms with Crippen LogP contribution < -0.4 is 5.32 Å². The lowest BCUT2D eigenvalue weighted by Crippen LogP contribution is -2.26. The Hall–Kier alpha value is -1.97. The molecule has 0 amide bonds. The van der Waals surface area contributed by atoms with Gasteiger partial charge in [-0.1, -0.05) is 6.92 Å². The Bertz CT molecular complexity index is 589. The summed E-state index contributed by atoms with van der Waals surface area (Å²) in [7, 11) is 0. The molecule has 4 nitrogen and oxygen atoms in total. The van der Waals surface area contributed by atoms with Gasteiger partial charge in [0.25, 0.3) is 0 Å². The van der Waals surface area contributed by atoms with Crippen molar-refractivity contribution in [1.82, 2.24) is 15.0 Å². The van der Waals surface area contributed by atoms with E-state index >= 15 is 0 Å². The maximum atomic E-state index is 4.69. The molecule has 1 fully saturated rings. The Labute approximate surface area is 126 Å². The third kappa shape index (κ3) is 3.38. The molecule has 0 aliphatic heterocycles. The Morgan fingerprint density at radius 3 is 2.67 bits per heavy atom. The summed E-state index contributed by atoms with van der Waals surface area (Å²) in [5.74, 6) is 1.59. The summed E-state index contributed by atoms with van der Waals surface area (Å²) in [4.78, 5) is 13.3. The van der Waals surface area contributed by atoms with Gasteiger partial charge >= 0.3 is 0 Å². The molecule has 0 unspecified atom stereocenters. The van der Waals surface area contributed by atoms with Crippen molar-refractivity contribution in [3.8, 4) is 11.3 Å². The van der Waals surface area contributed by atoms with Gasteiger partial charge in [0, 0.05) is 30.2 Å². The fourth-order valence-corrected chi connectivity index (χ4v) is 2.89. The second-order valence-electron chi connectivity index (χ2n) is 6.07. The highest BCUT2D eigenvalue weighted by Crippen LogP contribution is 2.26. The molecular weight excluding hydrogens is 260 g/mol. The summed E-state index contributed by atoms with van der Waals surface area (Å²) in [5.41, 5.74) is 3.08. The second kappa shape index (κ2) is 6.20. The van der Waals surface area contributed by atoms with Crippen molar-refractivity contribution in [3.63, 3.8) is 0 Å². The Morgan fingerprint density at radius 1 is 1.14 bits per heavy atom. The molecule has 0 aromatic carbocycles. The van der Waals surface area contributed by atoms with Crippen molar-refractivity contribution in [2.75, 3.05) is 5.32 Å². The Balaban J connectivity index is 1.78. The quantitative estimate of drug-likeness (QED) is 0.929. The predicted octanol–water partition coefficient (Wildman–Crippen LogP) is 3.84. The average molecular weight is 282 g/mol. The number of rotatable bonds is 3. The number of aromatic nitrogens is 3. The van der Waals surface area contributed by atoms with Crippen molar-refractivity contribution in [2.45, 2.75) is 45.6 Å². The molecule has 21 heavy (non-hydrogen) atoms. The van der Waals surface area contributed by atoms with Gasteiger partial charge in [0.15, 0.2) is 0 Å². The topological polar surface area (TPSA) is 50.7 Å². The van der Waals surface area contributed by atoms with E-state index in [0.717, 1.165) is 28.7 Å². The van der Waals surface area contributed by atoms with E-state index in [2.05, 4.69) is 22.2 Å². The summed E-state index contributed by atoms with van der Waals surface area (Å²) in [6.45, 7) is 4.37. The van der Waals surface area contributed by atoms with E-state index in [9.17, 15) is 0 Å². The lowest BCUT2D eigenvalue weighted by Gasteiger charge is -2.27. The van der Waals surface area contributed by atoms with Gasteiger partial charge in [0.2, 0.25) is 5.95 Å². The maximum absolute atomic E-state index is 4.69. The van der Waals surface area contributed by atoms with Crippen LogP contribution in [-0.2, 0) is 0 Å². The van der Waals surface area contributed by atoms with Gasteiger partial charge in [-0.15, -0.1) is 0 Å². The average Bonchev–Trinajstić information content (AvgIpc) is 2.52. The minimum Gasteiger partial charge on any atom is -0.351 e. The number of pyridine rings is 1. The van der Waals surface area contributed by atoms with E-state index in [1.165, 1.54) is 25.7 Å². The number of nitrogens with zero attached hydrogens (tertiary/aromatic N) is 3. The van der Waals surface area contributed by atoms with Crippen LogP contribution in [0.4, 0.5) is 5.95 Å². The number of hydrogen-bond acceptors (Lipinski definition) is 4. The highest BCUT2D eigenvalue weighted by Gasteiger charge is 2.19. The van der Waals surface area contributed by atoms with Crippen molar-refractivity contribution in [3.05, 3.63) is 36.3 Å². The van der Waals surface area contributed by atoms with E-state index in [0.29, 0.717) is 6.04 Å². The minimum absolute atomic E-state index is 0.505. The molecule has 0 saturated heterocycles. The standard InChI is InChI=1S/C17H22N4/c1-12-5-7-15(8-6-12)20-17-19-10-13(2)16(21-17)14-4-3-9-18-11-14/h3-4,9-12,15H,5-8H2,1-2H3,(H,19,20,21). The fourth-order valence-electron chi connectivity index (χ4n) is 2.89. The molecule has 4 heteroatoms. The molecule has 2 aromatic heterocycles. The summed E-state index contributed by atoms with van der Waals surface area (Å²) in [6, 6.07) is 4.48. The summed E-state index contributed by atoms with van der Waals surface area (Å²) in [5, 5.41) is 3.50. The second-order valence-corrected chi connectivity index (χ2v) is 6.07.